The first-order valence-electron chi connectivity index (χ1n) is 13.2. The second-order valence-electron chi connectivity index (χ2n) is 11.0. The minimum atomic E-state index is -0.637. The molecule has 6 heteroatoms. The Morgan fingerprint density at radius 3 is 2.37 bits per heavy atom. The topological polar surface area (TPSA) is 70.3 Å². The van der Waals surface area contributed by atoms with Crippen LogP contribution < -0.4 is 5.32 Å². The summed E-state index contributed by atoms with van der Waals surface area (Å²) in [5.41, 5.74) is 4.62. The van der Waals surface area contributed by atoms with Gasteiger partial charge in [0.15, 0.2) is 0 Å². The third-order valence-corrected chi connectivity index (χ3v) is 6.90. The summed E-state index contributed by atoms with van der Waals surface area (Å²) in [6, 6.07) is 28.8. The number of anilines is 1. The van der Waals surface area contributed by atoms with Crippen molar-refractivity contribution in [3.05, 3.63) is 90.0 Å². The Balaban J connectivity index is 1.31. The molecule has 0 radical (unpaired) electrons. The molecule has 0 unspecified atom stereocenters. The Morgan fingerprint density at radius 2 is 1.71 bits per heavy atom. The van der Waals surface area contributed by atoms with Gasteiger partial charge in [-0.15, -0.1) is 0 Å². The molecule has 1 N–H and O–H groups in total. The predicted molar refractivity (Wildman–Crippen MR) is 152 cm³/mol. The molecule has 0 bridgehead atoms. The molecule has 0 spiro atoms. The van der Waals surface area contributed by atoms with Crippen LogP contribution in [0.2, 0.25) is 0 Å². The van der Waals surface area contributed by atoms with Crippen molar-refractivity contribution in [3.63, 3.8) is 0 Å². The zero-order valence-electron chi connectivity index (χ0n) is 22.3. The van der Waals surface area contributed by atoms with Crippen LogP contribution >= 0.6 is 0 Å². The molecule has 194 valence electrons. The van der Waals surface area contributed by atoms with E-state index >= 15 is 0 Å². The van der Waals surface area contributed by atoms with Crippen LogP contribution in [-0.2, 0) is 11.3 Å². The highest BCUT2D eigenvalue weighted by molar-refractivity contribution is 5.96. The van der Waals surface area contributed by atoms with Crippen LogP contribution in [0.15, 0.2) is 78.9 Å². The summed E-state index contributed by atoms with van der Waals surface area (Å²) in [7, 11) is 0. The Labute approximate surface area is 224 Å². The number of hydrogen-bond donors (Lipinski definition) is 1. The van der Waals surface area contributed by atoms with Crippen molar-refractivity contribution in [1.29, 1.82) is 5.26 Å². The first-order chi connectivity index (χ1) is 18.3. The fraction of sp³-hybridized carbons (Fsp3) is 0.312. The maximum Gasteiger partial charge on any atom is 0.419 e. The van der Waals surface area contributed by atoms with E-state index in [0.717, 1.165) is 54.8 Å². The number of benzene rings is 3. The molecule has 0 aliphatic carbocycles. The van der Waals surface area contributed by atoms with Crippen LogP contribution in [0.1, 0.15) is 44.7 Å². The van der Waals surface area contributed by atoms with Crippen molar-refractivity contribution >= 4 is 22.7 Å². The number of nitrogens with zero attached hydrogens (tertiary/aromatic N) is 3. The van der Waals surface area contributed by atoms with E-state index in [0.29, 0.717) is 17.1 Å². The number of nitriles is 1. The molecule has 0 amide bonds. The Bertz CT molecular complexity index is 1450. The molecule has 0 atom stereocenters. The average molecular weight is 507 g/mol. The molecule has 1 aliphatic heterocycles. The lowest BCUT2D eigenvalue weighted by Crippen LogP contribution is -2.38. The first-order valence-corrected chi connectivity index (χ1v) is 13.2. The number of hydrogen-bond acceptors (Lipinski definition) is 5. The largest absolute Gasteiger partial charge is 0.443 e. The third kappa shape index (κ3) is 5.90. The third-order valence-electron chi connectivity index (χ3n) is 6.90. The van der Waals surface area contributed by atoms with Gasteiger partial charge in [0.25, 0.3) is 0 Å². The Kier molecular flexibility index (Phi) is 7.22. The lowest BCUT2D eigenvalue weighted by atomic mass is 10.0. The number of likely N-dealkylation sites (tertiary alicyclic amines) is 1. The first kappa shape index (κ1) is 25.6. The molecule has 3 aromatic carbocycles. The number of carbonyl (C=O) groups excluding carboxylic acids is 1. The van der Waals surface area contributed by atoms with E-state index in [2.05, 4.69) is 58.8 Å². The van der Waals surface area contributed by atoms with Crippen LogP contribution in [0, 0.1) is 11.3 Å². The molecule has 2 heterocycles. The normalized spacial score (nSPS) is 14.8. The van der Waals surface area contributed by atoms with Gasteiger partial charge in [0.1, 0.15) is 5.60 Å². The number of carbonyl (C=O) groups is 1. The standard InChI is InChI=1S/C32H34N4O2/c1-32(2,3)38-31(37)36-29-19-24(21-33)9-10-26(29)20-30(36)25-11-13-27(14-12-25)34-28-15-17-35(18-16-28)22-23-7-5-4-6-8-23/h4-14,19-20,28,34H,15-18,22H2,1-3H3. The molecule has 1 saturated heterocycles. The fourth-order valence-electron chi connectivity index (χ4n) is 5.04. The highest BCUT2D eigenvalue weighted by Gasteiger charge is 2.23. The summed E-state index contributed by atoms with van der Waals surface area (Å²) in [4.78, 5) is 15.8. The van der Waals surface area contributed by atoms with E-state index in [-0.39, 0.29) is 0 Å². The van der Waals surface area contributed by atoms with Crippen LogP contribution in [0.3, 0.4) is 0 Å². The molecular weight excluding hydrogens is 472 g/mol. The summed E-state index contributed by atoms with van der Waals surface area (Å²) >= 11 is 0. The zero-order valence-corrected chi connectivity index (χ0v) is 22.3. The van der Waals surface area contributed by atoms with Crippen molar-refractivity contribution < 1.29 is 9.53 Å². The maximum atomic E-state index is 13.2. The van der Waals surface area contributed by atoms with Gasteiger partial charge in [0, 0.05) is 36.7 Å². The van der Waals surface area contributed by atoms with Gasteiger partial charge in [-0.1, -0.05) is 48.5 Å². The van der Waals surface area contributed by atoms with Gasteiger partial charge in [-0.2, -0.15) is 5.26 Å². The Hall–Kier alpha value is -4.08. The number of rotatable bonds is 5. The Morgan fingerprint density at radius 1 is 1.00 bits per heavy atom. The van der Waals surface area contributed by atoms with Crippen LogP contribution in [0.25, 0.3) is 22.2 Å². The van der Waals surface area contributed by atoms with Crippen LogP contribution in [0.4, 0.5) is 10.5 Å². The predicted octanol–water partition coefficient (Wildman–Crippen LogP) is 7.04. The van der Waals surface area contributed by atoms with Crippen molar-refractivity contribution in [2.24, 2.45) is 0 Å². The van der Waals surface area contributed by atoms with Gasteiger partial charge >= 0.3 is 6.09 Å². The van der Waals surface area contributed by atoms with Gasteiger partial charge in [0.2, 0.25) is 0 Å². The highest BCUT2D eigenvalue weighted by atomic mass is 16.6. The van der Waals surface area contributed by atoms with E-state index in [4.69, 9.17) is 4.74 Å². The zero-order chi connectivity index (χ0) is 26.7. The van der Waals surface area contributed by atoms with E-state index in [1.807, 2.05) is 45.0 Å². The van der Waals surface area contributed by atoms with E-state index < -0.39 is 11.7 Å². The minimum Gasteiger partial charge on any atom is -0.443 e. The molecule has 38 heavy (non-hydrogen) atoms. The SMILES string of the molecule is CC(C)(C)OC(=O)n1c(-c2ccc(NC3CCN(Cc4ccccc4)CC3)cc2)cc2ccc(C#N)cc21. The molecule has 0 saturated carbocycles. The van der Waals surface area contributed by atoms with E-state index in [1.165, 1.54) is 5.56 Å². The molecular formula is C32H34N4O2. The number of aromatic nitrogens is 1. The maximum absolute atomic E-state index is 13.2. The van der Waals surface area contributed by atoms with Gasteiger partial charge in [-0.25, -0.2) is 9.36 Å². The number of fused-ring (bicyclic) bond motifs is 1. The molecule has 4 aromatic rings. The molecule has 6 nitrogen and oxygen atoms in total. The fourth-order valence-corrected chi connectivity index (χ4v) is 5.04. The summed E-state index contributed by atoms with van der Waals surface area (Å²) in [6.07, 6.45) is 1.74. The lowest BCUT2D eigenvalue weighted by Gasteiger charge is -2.33. The van der Waals surface area contributed by atoms with Crippen LogP contribution in [0.5, 0.6) is 0 Å². The summed E-state index contributed by atoms with van der Waals surface area (Å²) < 4.78 is 7.30. The second kappa shape index (κ2) is 10.7. The summed E-state index contributed by atoms with van der Waals surface area (Å²) in [5, 5.41) is 14.0. The number of nitrogens with one attached hydrogen (secondary N) is 1. The minimum absolute atomic E-state index is 0.436. The van der Waals surface area contributed by atoms with Gasteiger partial charge in [-0.3, -0.25) is 4.90 Å². The number of piperidine rings is 1. The van der Waals surface area contributed by atoms with Gasteiger partial charge in [0.05, 0.1) is 22.8 Å². The summed E-state index contributed by atoms with van der Waals surface area (Å²) in [6.45, 7) is 8.71. The molecule has 1 aromatic heterocycles. The van der Waals surface area contributed by atoms with E-state index in [9.17, 15) is 10.1 Å². The van der Waals surface area contributed by atoms with Crippen molar-refractivity contribution in [3.8, 4) is 17.3 Å². The highest BCUT2D eigenvalue weighted by Crippen LogP contribution is 2.31. The van der Waals surface area contributed by atoms with Crippen LogP contribution in [-0.4, -0.2) is 40.3 Å². The average Bonchev–Trinajstić information content (AvgIpc) is 3.29. The van der Waals surface area contributed by atoms with Crippen molar-refractivity contribution in [1.82, 2.24) is 9.47 Å². The quantitative estimate of drug-likeness (QED) is 0.314. The van der Waals surface area contributed by atoms with Gasteiger partial charge < -0.3 is 10.1 Å². The van der Waals surface area contributed by atoms with Crippen molar-refractivity contribution in [2.45, 2.75) is 51.8 Å². The summed E-state index contributed by atoms with van der Waals surface area (Å²) in [5.74, 6) is 0. The second-order valence-corrected chi connectivity index (χ2v) is 11.0. The molecule has 1 fully saturated rings. The van der Waals surface area contributed by atoms with E-state index in [1.54, 1.807) is 16.7 Å². The monoisotopic (exact) mass is 506 g/mol. The number of ether oxygens (including phenoxy) is 1. The van der Waals surface area contributed by atoms with Crippen molar-refractivity contribution in [2.75, 3.05) is 18.4 Å². The molecule has 1 aliphatic rings. The molecule has 5 rings (SSSR count). The van der Waals surface area contributed by atoms with Gasteiger partial charge in [-0.05, 0) is 75.1 Å². The smallest absolute Gasteiger partial charge is 0.419 e. The lowest BCUT2D eigenvalue weighted by molar-refractivity contribution is 0.0547.